The highest BCUT2D eigenvalue weighted by molar-refractivity contribution is 5.70. The average Bonchev–Trinajstić information content (AvgIpc) is 2.31. The molecular formula is C13H12N2. The van der Waals surface area contributed by atoms with Crippen molar-refractivity contribution in [3.05, 3.63) is 54.4 Å². The Balaban J connectivity index is 2.53. The van der Waals surface area contributed by atoms with E-state index in [1.807, 2.05) is 37.3 Å². The second-order valence-corrected chi connectivity index (χ2v) is 3.16. The van der Waals surface area contributed by atoms with Crippen LogP contribution in [0.15, 0.2) is 48.8 Å². The minimum atomic E-state index is 0.770. The van der Waals surface area contributed by atoms with Gasteiger partial charge in [0, 0.05) is 18.0 Å². The first-order valence-electron chi connectivity index (χ1n) is 4.91. The van der Waals surface area contributed by atoms with Crippen molar-refractivity contribution in [2.45, 2.75) is 6.92 Å². The summed E-state index contributed by atoms with van der Waals surface area (Å²) in [6.45, 7) is 2.00. The maximum Gasteiger partial charge on any atom is 0.159 e. The number of benzene rings is 1. The number of allylic oxidation sites excluding steroid dienone is 1. The van der Waals surface area contributed by atoms with E-state index in [9.17, 15) is 0 Å². The topological polar surface area (TPSA) is 25.8 Å². The molecule has 2 rings (SSSR count). The summed E-state index contributed by atoms with van der Waals surface area (Å²) < 4.78 is 0. The maximum absolute atomic E-state index is 4.25. The van der Waals surface area contributed by atoms with Crippen molar-refractivity contribution in [3.63, 3.8) is 0 Å². The van der Waals surface area contributed by atoms with Gasteiger partial charge in [-0.1, -0.05) is 36.4 Å². The van der Waals surface area contributed by atoms with Gasteiger partial charge in [0.15, 0.2) is 5.82 Å². The molecule has 0 saturated heterocycles. The Morgan fingerprint density at radius 3 is 2.47 bits per heavy atom. The van der Waals surface area contributed by atoms with Crippen LogP contribution in [0.1, 0.15) is 12.5 Å². The highest BCUT2D eigenvalue weighted by Gasteiger charge is 2.02. The van der Waals surface area contributed by atoms with Gasteiger partial charge in [0.05, 0.1) is 0 Å². The SMILES string of the molecule is C/C=C/c1ccccc1-c1ncccn1. The van der Waals surface area contributed by atoms with Crippen molar-refractivity contribution in [1.82, 2.24) is 9.97 Å². The number of hydrogen-bond donors (Lipinski definition) is 0. The predicted molar refractivity (Wildman–Crippen MR) is 62.2 cm³/mol. The number of aromatic nitrogens is 2. The van der Waals surface area contributed by atoms with Crippen molar-refractivity contribution in [2.75, 3.05) is 0 Å². The largest absolute Gasteiger partial charge is 0.237 e. The van der Waals surface area contributed by atoms with Crippen LogP contribution in [0.2, 0.25) is 0 Å². The third-order valence-corrected chi connectivity index (χ3v) is 2.11. The molecule has 0 fully saturated rings. The molecule has 1 aromatic carbocycles. The van der Waals surface area contributed by atoms with Crippen LogP contribution >= 0.6 is 0 Å². The molecule has 0 amide bonds. The molecule has 2 aromatic rings. The molecule has 0 aliphatic heterocycles. The molecule has 0 aliphatic rings. The van der Waals surface area contributed by atoms with E-state index in [-0.39, 0.29) is 0 Å². The van der Waals surface area contributed by atoms with E-state index in [0.717, 1.165) is 17.0 Å². The summed E-state index contributed by atoms with van der Waals surface area (Å²) in [5.74, 6) is 0.770. The van der Waals surface area contributed by atoms with Gasteiger partial charge in [0.1, 0.15) is 0 Å². The van der Waals surface area contributed by atoms with Crippen molar-refractivity contribution in [3.8, 4) is 11.4 Å². The monoisotopic (exact) mass is 196 g/mol. The van der Waals surface area contributed by atoms with Crippen LogP contribution in [0.5, 0.6) is 0 Å². The Hall–Kier alpha value is -1.96. The van der Waals surface area contributed by atoms with Gasteiger partial charge in [0.25, 0.3) is 0 Å². The minimum absolute atomic E-state index is 0.770. The summed E-state index contributed by atoms with van der Waals surface area (Å²) in [7, 11) is 0. The van der Waals surface area contributed by atoms with Crippen LogP contribution in [0.4, 0.5) is 0 Å². The molecule has 0 atom stereocenters. The van der Waals surface area contributed by atoms with Crippen LogP contribution in [-0.2, 0) is 0 Å². The molecule has 0 N–H and O–H groups in total. The summed E-state index contributed by atoms with van der Waals surface area (Å²) in [5.41, 5.74) is 2.21. The van der Waals surface area contributed by atoms with E-state index in [4.69, 9.17) is 0 Å². The van der Waals surface area contributed by atoms with E-state index in [2.05, 4.69) is 22.1 Å². The van der Waals surface area contributed by atoms with E-state index < -0.39 is 0 Å². The lowest BCUT2D eigenvalue weighted by atomic mass is 10.1. The van der Waals surface area contributed by atoms with E-state index in [1.54, 1.807) is 12.4 Å². The summed E-state index contributed by atoms with van der Waals surface area (Å²) in [6, 6.07) is 9.93. The van der Waals surface area contributed by atoms with Gasteiger partial charge in [-0.15, -0.1) is 0 Å². The van der Waals surface area contributed by atoms with E-state index in [1.165, 1.54) is 0 Å². The Morgan fingerprint density at radius 1 is 1.00 bits per heavy atom. The van der Waals surface area contributed by atoms with Gasteiger partial charge in [0.2, 0.25) is 0 Å². The second-order valence-electron chi connectivity index (χ2n) is 3.16. The number of rotatable bonds is 2. The minimum Gasteiger partial charge on any atom is -0.237 e. The average molecular weight is 196 g/mol. The van der Waals surface area contributed by atoms with Gasteiger partial charge in [-0.25, -0.2) is 9.97 Å². The molecule has 1 heterocycles. The third-order valence-electron chi connectivity index (χ3n) is 2.11. The van der Waals surface area contributed by atoms with E-state index >= 15 is 0 Å². The summed E-state index contributed by atoms with van der Waals surface area (Å²) in [5, 5.41) is 0. The Morgan fingerprint density at radius 2 is 1.73 bits per heavy atom. The van der Waals surface area contributed by atoms with Crippen LogP contribution in [0, 0.1) is 0 Å². The van der Waals surface area contributed by atoms with Crippen molar-refractivity contribution in [2.24, 2.45) is 0 Å². The van der Waals surface area contributed by atoms with Crippen molar-refractivity contribution in [1.29, 1.82) is 0 Å². The summed E-state index contributed by atoms with van der Waals surface area (Å²) in [4.78, 5) is 8.49. The lowest BCUT2D eigenvalue weighted by Crippen LogP contribution is -1.89. The molecule has 0 saturated carbocycles. The van der Waals surface area contributed by atoms with Crippen LogP contribution in [-0.4, -0.2) is 9.97 Å². The van der Waals surface area contributed by atoms with Gasteiger partial charge in [-0.2, -0.15) is 0 Å². The molecule has 0 radical (unpaired) electrons. The highest BCUT2D eigenvalue weighted by Crippen LogP contribution is 2.20. The molecule has 2 heteroatoms. The maximum atomic E-state index is 4.25. The smallest absolute Gasteiger partial charge is 0.159 e. The quantitative estimate of drug-likeness (QED) is 0.737. The molecule has 0 aliphatic carbocycles. The molecule has 15 heavy (non-hydrogen) atoms. The molecule has 74 valence electrons. The highest BCUT2D eigenvalue weighted by atomic mass is 14.8. The zero-order chi connectivity index (χ0) is 10.5. The van der Waals surface area contributed by atoms with Crippen LogP contribution in [0.3, 0.4) is 0 Å². The lowest BCUT2D eigenvalue weighted by Gasteiger charge is -2.03. The zero-order valence-electron chi connectivity index (χ0n) is 8.59. The number of nitrogens with zero attached hydrogens (tertiary/aromatic N) is 2. The summed E-state index contributed by atoms with van der Waals surface area (Å²) >= 11 is 0. The molecule has 1 aromatic heterocycles. The molecule has 0 spiro atoms. The summed E-state index contributed by atoms with van der Waals surface area (Å²) in [6.07, 6.45) is 7.59. The fourth-order valence-electron chi connectivity index (χ4n) is 1.46. The van der Waals surface area contributed by atoms with Crippen molar-refractivity contribution < 1.29 is 0 Å². The van der Waals surface area contributed by atoms with Gasteiger partial charge in [-0.3, -0.25) is 0 Å². The predicted octanol–water partition coefficient (Wildman–Crippen LogP) is 3.18. The Bertz CT molecular complexity index is 461. The van der Waals surface area contributed by atoms with Gasteiger partial charge >= 0.3 is 0 Å². The fourth-order valence-corrected chi connectivity index (χ4v) is 1.46. The van der Waals surface area contributed by atoms with E-state index in [0.29, 0.717) is 0 Å². The third kappa shape index (κ3) is 2.10. The Kier molecular flexibility index (Phi) is 2.88. The standard InChI is InChI=1S/C13H12N2/c1-2-6-11-7-3-4-8-12(11)13-14-9-5-10-15-13/h2-10H,1H3/b6-2+. The van der Waals surface area contributed by atoms with Crippen LogP contribution < -0.4 is 0 Å². The van der Waals surface area contributed by atoms with Crippen LogP contribution in [0.25, 0.3) is 17.5 Å². The second kappa shape index (κ2) is 4.51. The molecule has 0 bridgehead atoms. The first-order valence-corrected chi connectivity index (χ1v) is 4.91. The molecule has 2 nitrogen and oxygen atoms in total. The first-order chi connectivity index (χ1) is 7.42. The molecular weight excluding hydrogens is 184 g/mol. The molecule has 0 unspecified atom stereocenters. The van der Waals surface area contributed by atoms with Gasteiger partial charge < -0.3 is 0 Å². The van der Waals surface area contributed by atoms with Crippen molar-refractivity contribution >= 4 is 6.08 Å². The Labute approximate surface area is 89.3 Å². The number of hydrogen-bond acceptors (Lipinski definition) is 2. The fraction of sp³-hybridized carbons (Fsp3) is 0.0769. The zero-order valence-corrected chi connectivity index (χ0v) is 8.59. The normalized spacial score (nSPS) is 10.7. The van der Waals surface area contributed by atoms with Gasteiger partial charge in [-0.05, 0) is 18.6 Å². The lowest BCUT2D eigenvalue weighted by molar-refractivity contribution is 1.17. The first kappa shape index (κ1) is 9.59.